The number of nitrogens with zero attached hydrogens (tertiary/aromatic N) is 1. The molecule has 0 aromatic heterocycles. The number of guanidine groups is 1. The number of rotatable bonds is 7. The Bertz CT molecular complexity index is 979. The number of sulfone groups is 1. The first kappa shape index (κ1) is 25.5. The van der Waals surface area contributed by atoms with E-state index in [1.807, 2.05) is 31.2 Å². The van der Waals surface area contributed by atoms with Crippen molar-refractivity contribution in [3.8, 4) is 5.75 Å². The number of para-hydroxylation sites is 1. The van der Waals surface area contributed by atoms with Crippen molar-refractivity contribution < 1.29 is 13.2 Å². The van der Waals surface area contributed by atoms with Crippen LogP contribution in [0.5, 0.6) is 5.75 Å². The maximum absolute atomic E-state index is 12.4. The molecule has 2 N–H and O–H groups in total. The third kappa shape index (κ3) is 7.10. The fraction of sp³-hybridized carbons (Fsp3) is 0.435. The van der Waals surface area contributed by atoms with Crippen molar-refractivity contribution in [2.45, 2.75) is 50.2 Å². The zero-order valence-electron chi connectivity index (χ0n) is 18.3. The van der Waals surface area contributed by atoms with E-state index in [1.54, 1.807) is 24.3 Å². The van der Waals surface area contributed by atoms with Gasteiger partial charge in [-0.05, 0) is 45.4 Å². The fourth-order valence-corrected chi connectivity index (χ4v) is 4.92. The molecule has 0 spiro atoms. The first-order valence-corrected chi connectivity index (χ1v) is 12.1. The summed E-state index contributed by atoms with van der Waals surface area (Å²) < 4.78 is 31.0. The molecule has 1 aliphatic heterocycles. The summed E-state index contributed by atoms with van der Waals surface area (Å²) in [5.41, 5.74) is 0.821. The number of ether oxygens (including phenoxy) is 1. The minimum atomic E-state index is -3.28. The van der Waals surface area contributed by atoms with E-state index in [0.29, 0.717) is 23.8 Å². The summed E-state index contributed by atoms with van der Waals surface area (Å²) >= 11 is 0. The monoisotopic (exact) mass is 557 g/mol. The van der Waals surface area contributed by atoms with E-state index in [9.17, 15) is 8.42 Å². The van der Waals surface area contributed by atoms with Crippen LogP contribution in [0.3, 0.4) is 0 Å². The van der Waals surface area contributed by atoms with Crippen molar-refractivity contribution in [1.29, 1.82) is 0 Å². The second-order valence-electron chi connectivity index (χ2n) is 8.05. The first-order chi connectivity index (χ1) is 14.3. The molecule has 31 heavy (non-hydrogen) atoms. The maximum atomic E-state index is 12.4. The van der Waals surface area contributed by atoms with Gasteiger partial charge in [0.2, 0.25) is 0 Å². The number of hydrogen-bond donors (Lipinski definition) is 2. The number of nitrogens with one attached hydrogen (secondary N) is 2. The van der Waals surface area contributed by atoms with Gasteiger partial charge in [-0.1, -0.05) is 36.4 Å². The molecular formula is C23H32IN3O3S. The fourth-order valence-electron chi connectivity index (χ4n) is 3.61. The molecule has 1 atom stereocenters. The Morgan fingerprint density at radius 1 is 1.13 bits per heavy atom. The van der Waals surface area contributed by atoms with E-state index in [4.69, 9.17) is 4.74 Å². The molecule has 0 amide bonds. The van der Waals surface area contributed by atoms with E-state index in [-0.39, 0.29) is 41.4 Å². The van der Waals surface area contributed by atoms with Crippen molar-refractivity contribution in [3.05, 3.63) is 60.2 Å². The summed E-state index contributed by atoms with van der Waals surface area (Å²) in [6.45, 7) is 7.32. The van der Waals surface area contributed by atoms with Crippen molar-refractivity contribution in [2.75, 3.05) is 18.8 Å². The highest BCUT2D eigenvalue weighted by Gasteiger charge is 2.33. The van der Waals surface area contributed by atoms with Gasteiger partial charge in [0.1, 0.15) is 11.4 Å². The summed E-state index contributed by atoms with van der Waals surface area (Å²) in [5, 5.41) is 6.77. The normalized spacial score (nSPS) is 17.6. The summed E-state index contributed by atoms with van der Waals surface area (Å²) in [7, 11) is -3.28. The summed E-state index contributed by atoms with van der Waals surface area (Å²) in [6.07, 6.45) is 1.26. The van der Waals surface area contributed by atoms with Gasteiger partial charge in [-0.15, -0.1) is 24.0 Å². The Kier molecular flexibility index (Phi) is 9.17. The van der Waals surface area contributed by atoms with E-state index in [1.165, 1.54) is 0 Å². The maximum Gasteiger partial charge on any atom is 0.191 e. The van der Waals surface area contributed by atoms with Gasteiger partial charge in [0.15, 0.2) is 15.8 Å². The molecule has 0 saturated carbocycles. The van der Waals surface area contributed by atoms with Crippen molar-refractivity contribution >= 4 is 39.8 Å². The molecule has 1 heterocycles. The van der Waals surface area contributed by atoms with Crippen LogP contribution >= 0.6 is 24.0 Å². The van der Waals surface area contributed by atoms with Crippen LogP contribution in [0.4, 0.5) is 0 Å². The van der Waals surface area contributed by atoms with Crippen LogP contribution in [0.2, 0.25) is 0 Å². The average Bonchev–Trinajstić information content (AvgIpc) is 2.71. The standard InChI is InChI=1S/C23H31N3O3S.HI/c1-4-24-22(25-15-10-16-30(27,28)18-11-6-5-7-12-18)26-20-17-23(2,3)29-21-14-9-8-13-19(20)21;/h5-9,11-14,20H,4,10,15-17H2,1-3H3,(H2,24,25,26);1H. The molecule has 0 bridgehead atoms. The smallest absolute Gasteiger partial charge is 0.191 e. The van der Waals surface area contributed by atoms with Gasteiger partial charge in [0.25, 0.3) is 0 Å². The van der Waals surface area contributed by atoms with Crippen molar-refractivity contribution in [3.63, 3.8) is 0 Å². The third-order valence-corrected chi connectivity index (χ3v) is 6.79. The first-order valence-electron chi connectivity index (χ1n) is 10.4. The molecule has 170 valence electrons. The summed E-state index contributed by atoms with van der Waals surface area (Å²) in [5.74, 6) is 1.65. The average molecular weight is 557 g/mol. The Hall–Kier alpha value is -1.81. The molecule has 2 aromatic rings. The van der Waals surface area contributed by atoms with E-state index in [0.717, 1.165) is 24.3 Å². The van der Waals surface area contributed by atoms with Crippen LogP contribution in [0.15, 0.2) is 64.5 Å². The van der Waals surface area contributed by atoms with Gasteiger partial charge < -0.3 is 15.4 Å². The van der Waals surface area contributed by atoms with Crippen molar-refractivity contribution in [2.24, 2.45) is 4.99 Å². The molecule has 1 aliphatic rings. The lowest BCUT2D eigenvalue weighted by atomic mass is 9.90. The van der Waals surface area contributed by atoms with E-state index >= 15 is 0 Å². The van der Waals surface area contributed by atoms with Gasteiger partial charge in [-0.3, -0.25) is 4.99 Å². The minimum absolute atomic E-state index is 0. The lowest BCUT2D eigenvalue weighted by Gasteiger charge is -2.38. The Morgan fingerprint density at radius 3 is 2.52 bits per heavy atom. The Balaban J connectivity index is 0.00000341. The highest BCUT2D eigenvalue weighted by Crippen LogP contribution is 2.39. The molecule has 0 aliphatic carbocycles. The van der Waals surface area contributed by atoms with Crippen LogP contribution in [0, 0.1) is 0 Å². The van der Waals surface area contributed by atoms with E-state index in [2.05, 4.69) is 35.5 Å². The molecule has 0 saturated heterocycles. The van der Waals surface area contributed by atoms with Gasteiger partial charge in [0, 0.05) is 25.1 Å². The summed E-state index contributed by atoms with van der Waals surface area (Å²) in [6, 6.07) is 16.7. The van der Waals surface area contributed by atoms with E-state index < -0.39 is 9.84 Å². The number of benzene rings is 2. The quantitative estimate of drug-likeness (QED) is 0.230. The van der Waals surface area contributed by atoms with Crippen LogP contribution < -0.4 is 15.4 Å². The predicted octanol–water partition coefficient (Wildman–Crippen LogP) is 4.33. The molecule has 0 fully saturated rings. The van der Waals surface area contributed by atoms with Gasteiger partial charge >= 0.3 is 0 Å². The molecule has 3 rings (SSSR count). The van der Waals surface area contributed by atoms with Gasteiger partial charge in [0.05, 0.1) is 16.7 Å². The Morgan fingerprint density at radius 2 is 1.81 bits per heavy atom. The highest BCUT2D eigenvalue weighted by atomic mass is 127. The van der Waals surface area contributed by atoms with Crippen LogP contribution in [0.1, 0.15) is 45.2 Å². The largest absolute Gasteiger partial charge is 0.487 e. The van der Waals surface area contributed by atoms with Crippen molar-refractivity contribution in [1.82, 2.24) is 10.6 Å². The molecule has 8 heteroatoms. The number of halogens is 1. The molecular weight excluding hydrogens is 525 g/mol. The number of aliphatic imine (C=N–C) groups is 1. The van der Waals surface area contributed by atoms with Crippen LogP contribution in [-0.4, -0.2) is 38.8 Å². The molecule has 1 unspecified atom stereocenters. The zero-order valence-corrected chi connectivity index (χ0v) is 21.4. The van der Waals surface area contributed by atoms with Gasteiger partial charge in [-0.25, -0.2) is 8.42 Å². The lowest BCUT2D eigenvalue weighted by molar-refractivity contribution is 0.0694. The summed E-state index contributed by atoms with van der Waals surface area (Å²) in [4.78, 5) is 4.98. The third-order valence-electron chi connectivity index (χ3n) is 4.97. The zero-order chi connectivity index (χ0) is 21.6. The SMILES string of the molecule is CCNC(=NCCCS(=O)(=O)c1ccccc1)NC1CC(C)(C)Oc2ccccc21.I. The molecule has 0 radical (unpaired) electrons. The topological polar surface area (TPSA) is 79.8 Å². The minimum Gasteiger partial charge on any atom is -0.487 e. The predicted molar refractivity (Wildman–Crippen MR) is 136 cm³/mol. The highest BCUT2D eigenvalue weighted by molar-refractivity contribution is 14.0. The van der Waals surface area contributed by atoms with Crippen LogP contribution in [0.25, 0.3) is 0 Å². The Labute approximate surface area is 202 Å². The van der Waals surface area contributed by atoms with Gasteiger partial charge in [-0.2, -0.15) is 0 Å². The second-order valence-corrected chi connectivity index (χ2v) is 10.2. The number of hydrogen-bond acceptors (Lipinski definition) is 4. The van der Waals surface area contributed by atoms with Crippen LogP contribution in [-0.2, 0) is 9.84 Å². The molecule has 2 aromatic carbocycles. The number of fused-ring (bicyclic) bond motifs is 1. The second kappa shape index (κ2) is 11.2. The lowest BCUT2D eigenvalue weighted by Crippen LogP contribution is -2.45. The molecule has 6 nitrogen and oxygen atoms in total.